The zero-order chi connectivity index (χ0) is 17.4. The van der Waals surface area contributed by atoms with Crippen LogP contribution in [0.15, 0.2) is 48.5 Å². The lowest BCUT2D eigenvalue weighted by atomic mass is 10.1. The van der Waals surface area contributed by atoms with Crippen LogP contribution in [-0.2, 0) is 6.42 Å². The molecule has 0 aliphatic carbocycles. The van der Waals surface area contributed by atoms with Crippen molar-refractivity contribution in [3.05, 3.63) is 65.2 Å². The fourth-order valence-corrected chi connectivity index (χ4v) is 2.44. The third-order valence-corrected chi connectivity index (χ3v) is 3.96. The van der Waals surface area contributed by atoms with E-state index in [-0.39, 0.29) is 6.03 Å². The van der Waals surface area contributed by atoms with Gasteiger partial charge in [-0.1, -0.05) is 36.4 Å². The fourth-order valence-electron chi connectivity index (χ4n) is 2.44. The third kappa shape index (κ3) is 5.61. The molecule has 4 nitrogen and oxygen atoms in total. The molecule has 2 amide bonds. The van der Waals surface area contributed by atoms with Crippen LogP contribution in [0.25, 0.3) is 0 Å². The van der Waals surface area contributed by atoms with Crippen molar-refractivity contribution in [2.75, 3.05) is 26.7 Å². The molecular formula is C20H26N2O2. The van der Waals surface area contributed by atoms with Crippen molar-refractivity contribution in [1.82, 2.24) is 10.2 Å². The van der Waals surface area contributed by atoms with Gasteiger partial charge in [-0.2, -0.15) is 0 Å². The van der Waals surface area contributed by atoms with Crippen LogP contribution in [0.5, 0.6) is 5.75 Å². The van der Waals surface area contributed by atoms with Crippen LogP contribution in [-0.4, -0.2) is 37.7 Å². The summed E-state index contributed by atoms with van der Waals surface area (Å²) in [6.45, 7) is 5.77. The van der Waals surface area contributed by atoms with E-state index in [2.05, 4.69) is 24.4 Å². The van der Waals surface area contributed by atoms with Crippen molar-refractivity contribution in [2.24, 2.45) is 0 Å². The van der Waals surface area contributed by atoms with Crippen molar-refractivity contribution in [3.8, 4) is 5.75 Å². The average Bonchev–Trinajstić information content (AvgIpc) is 2.56. The highest BCUT2D eigenvalue weighted by Gasteiger charge is 2.08. The lowest BCUT2D eigenvalue weighted by molar-refractivity contribution is 0.195. The van der Waals surface area contributed by atoms with Crippen LogP contribution in [0, 0.1) is 13.8 Å². The van der Waals surface area contributed by atoms with E-state index in [0.717, 1.165) is 17.7 Å². The number of nitrogens with zero attached hydrogens (tertiary/aromatic N) is 1. The number of carbonyl (C=O) groups is 1. The number of amides is 2. The van der Waals surface area contributed by atoms with E-state index >= 15 is 0 Å². The molecule has 1 N–H and O–H groups in total. The van der Waals surface area contributed by atoms with E-state index in [1.165, 1.54) is 11.1 Å². The topological polar surface area (TPSA) is 41.6 Å². The summed E-state index contributed by atoms with van der Waals surface area (Å²) in [5.41, 5.74) is 3.68. The predicted octanol–water partition coefficient (Wildman–Crippen LogP) is 3.57. The van der Waals surface area contributed by atoms with Gasteiger partial charge in [-0.25, -0.2) is 4.79 Å². The van der Waals surface area contributed by atoms with Crippen LogP contribution in [0.4, 0.5) is 4.79 Å². The van der Waals surface area contributed by atoms with Crippen molar-refractivity contribution in [2.45, 2.75) is 20.3 Å². The molecule has 2 aromatic carbocycles. The number of urea groups is 1. The van der Waals surface area contributed by atoms with E-state index in [1.807, 2.05) is 43.3 Å². The van der Waals surface area contributed by atoms with Crippen molar-refractivity contribution >= 4 is 6.03 Å². The number of nitrogens with one attached hydrogen (secondary N) is 1. The highest BCUT2D eigenvalue weighted by molar-refractivity contribution is 5.73. The zero-order valence-corrected chi connectivity index (χ0v) is 14.7. The largest absolute Gasteiger partial charge is 0.492 e. The van der Waals surface area contributed by atoms with Gasteiger partial charge in [0.15, 0.2) is 0 Å². The van der Waals surface area contributed by atoms with Gasteiger partial charge < -0.3 is 15.0 Å². The molecule has 0 aliphatic rings. The van der Waals surface area contributed by atoms with Crippen LogP contribution in [0.3, 0.4) is 0 Å². The van der Waals surface area contributed by atoms with Crippen molar-refractivity contribution < 1.29 is 9.53 Å². The number of rotatable bonds is 7. The Kier molecular flexibility index (Phi) is 6.67. The molecule has 0 saturated heterocycles. The van der Waals surface area contributed by atoms with Crippen molar-refractivity contribution in [1.29, 1.82) is 0 Å². The molecular weight excluding hydrogens is 300 g/mol. The third-order valence-electron chi connectivity index (χ3n) is 3.96. The van der Waals surface area contributed by atoms with Crippen LogP contribution < -0.4 is 10.1 Å². The Bertz CT molecular complexity index is 670. The molecule has 2 rings (SSSR count). The molecule has 0 radical (unpaired) electrons. The summed E-state index contributed by atoms with van der Waals surface area (Å²) in [7, 11) is 1.78. The number of likely N-dealkylation sites (N-methyl/N-ethyl adjacent to an activating group) is 1. The molecule has 0 saturated carbocycles. The van der Waals surface area contributed by atoms with Gasteiger partial charge >= 0.3 is 6.03 Å². The summed E-state index contributed by atoms with van der Waals surface area (Å²) in [5, 5.41) is 2.95. The second-order valence-electron chi connectivity index (χ2n) is 5.99. The Hall–Kier alpha value is -2.49. The van der Waals surface area contributed by atoms with Gasteiger partial charge in [0, 0.05) is 13.6 Å². The molecule has 24 heavy (non-hydrogen) atoms. The van der Waals surface area contributed by atoms with Gasteiger partial charge in [-0.05, 0) is 49.1 Å². The highest BCUT2D eigenvalue weighted by Crippen LogP contribution is 2.12. The van der Waals surface area contributed by atoms with E-state index in [4.69, 9.17) is 4.74 Å². The number of ether oxygens (including phenoxy) is 1. The number of hydrogen-bond donors (Lipinski definition) is 1. The van der Waals surface area contributed by atoms with Crippen LogP contribution in [0.2, 0.25) is 0 Å². The van der Waals surface area contributed by atoms with Gasteiger partial charge in [-0.3, -0.25) is 0 Å². The average molecular weight is 326 g/mol. The van der Waals surface area contributed by atoms with Crippen LogP contribution >= 0.6 is 0 Å². The zero-order valence-electron chi connectivity index (χ0n) is 14.7. The first kappa shape index (κ1) is 17.9. The second kappa shape index (κ2) is 8.96. The number of benzene rings is 2. The van der Waals surface area contributed by atoms with Gasteiger partial charge in [0.25, 0.3) is 0 Å². The first-order valence-corrected chi connectivity index (χ1v) is 8.29. The summed E-state index contributed by atoms with van der Waals surface area (Å²) < 4.78 is 5.68. The highest BCUT2D eigenvalue weighted by atomic mass is 16.5. The Labute approximate surface area is 144 Å². The molecule has 4 heteroatoms. The Morgan fingerprint density at radius 1 is 1.12 bits per heavy atom. The first-order chi connectivity index (χ1) is 11.6. The quantitative estimate of drug-likeness (QED) is 0.845. The minimum Gasteiger partial charge on any atom is -0.492 e. The molecule has 0 fully saturated rings. The van der Waals surface area contributed by atoms with Gasteiger partial charge in [0.2, 0.25) is 0 Å². The molecule has 0 atom stereocenters. The summed E-state index contributed by atoms with van der Waals surface area (Å²) >= 11 is 0. The minimum atomic E-state index is -0.0728. The summed E-state index contributed by atoms with van der Waals surface area (Å²) in [6.07, 6.45) is 0.839. The number of hydrogen-bond acceptors (Lipinski definition) is 2. The first-order valence-electron chi connectivity index (χ1n) is 8.29. The van der Waals surface area contributed by atoms with Gasteiger partial charge in [0.05, 0.1) is 6.54 Å². The Balaban J connectivity index is 1.67. The Morgan fingerprint density at radius 3 is 2.67 bits per heavy atom. The lowest BCUT2D eigenvalue weighted by Gasteiger charge is -2.18. The monoisotopic (exact) mass is 326 g/mol. The molecule has 128 valence electrons. The normalized spacial score (nSPS) is 10.3. The van der Waals surface area contributed by atoms with E-state index in [0.29, 0.717) is 19.7 Å². The molecule has 2 aromatic rings. The van der Waals surface area contributed by atoms with E-state index in [1.54, 1.807) is 11.9 Å². The SMILES string of the molecule is Cc1cccc(OCCN(C)C(=O)NCCc2ccccc2C)c1. The summed E-state index contributed by atoms with van der Waals surface area (Å²) in [6, 6.07) is 16.1. The maximum atomic E-state index is 12.1. The maximum absolute atomic E-state index is 12.1. The van der Waals surface area contributed by atoms with Crippen molar-refractivity contribution in [3.63, 3.8) is 0 Å². The molecule has 0 unspecified atom stereocenters. The predicted molar refractivity (Wildman–Crippen MR) is 97.6 cm³/mol. The fraction of sp³-hybridized carbons (Fsp3) is 0.350. The smallest absolute Gasteiger partial charge is 0.317 e. The summed E-state index contributed by atoms with van der Waals surface area (Å²) in [5.74, 6) is 0.836. The van der Waals surface area contributed by atoms with Gasteiger partial charge in [-0.15, -0.1) is 0 Å². The maximum Gasteiger partial charge on any atom is 0.317 e. The second-order valence-corrected chi connectivity index (χ2v) is 5.99. The Morgan fingerprint density at radius 2 is 1.92 bits per heavy atom. The van der Waals surface area contributed by atoms with Crippen LogP contribution in [0.1, 0.15) is 16.7 Å². The molecule has 0 aliphatic heterocycles. The molecule has 0 heterocycles. The van der Waals surface area contributed by atoms with E-state index in [9.17, 15) is 4.79 Å². The lowest BCUT2D eigenvalue weighted by Crippen LogP contribution is -2.40. The number of carbonyl (C=O) groups excluding carboxylic acids is 1. The van der Waals surface area contributed by atoms with Gasteiger partial charge in [0.1, 0.15) is 12.4 Å². The van der Waals surface area contributed by atoms with E-state index < -0.39 is 0 Å². The number of aryl methyl sites for hydroxylation is 2. The standard InChI is InChI=1S/C20H26N2O2/c1-16-7-6-10-19(15-16)24-14-13-22(3)20(23)21-12-11-18-9-5-4-8-17(18)2/h4-10,15H,11-14H2,1-3H3,(H,21,23). The summed E-state index contributed by atoms with van der Waals surface area (Å²) in [4.78, 5) is 13.7. The molecule has 0 aromatic heterocycles. The molecule has 0 bridgehead atoms. The minimum absolute atomic E-state index is 0.0728. The molecule has 0 spiro atoms.